The standard InChI is InChI=1S/C15H15BrN4O/c1-8(9(2)17)15-19-14(20-21-15)13-11(16)7-10-5-3-4-6-12(10)18-13/h3-9H,17H2,1-2H3. The van der Waals surface area contributed by atoms with Crippen molar-refractivity contribution >= 4 is 26.8 Å². The van der Waals surface area contributed by atoms with Crippen LogP contribution in [0.2, 0.25) is 0 Å². The predicted octanol–water partition coefficient (Wildman–Crippen LogP) is 3.50. The van der Waals surface area contributed by atoms with Crippen molar-refractivity contribution < 1.29 is 4.52 Å². The number of aromatic nitrogens is 3. The van der Waals surface area contributed by atoms with Gasteiger partial charge in [0.1, 0.15) is 5.69 Å². The molecule has 0 saturated carbocycles. The summed E-state index contributed by atoms with van der Waals surface area (Å²) in [6.45, 7) is 3.88. The Balaban J connectivity index is 2.06. The second-order valence-electron chi connectivity index (χ2n) is 5.12. The van der Waals surface area contributed by atoms with Gasteiger partial charge < -0.3 is 10.3 Å². The summed E-state index contributed by atoms with van der Waals surface area (Å²) in [6, 6.07) is 9.85. The normalized spacial score (nSPS) is 14.3. The minimum Gasteiger partial charge on any atom is -0.339 e. The largest absolute Gasteiger partial charge is 0.339 e. The summed E-state index contributed by atoms with van der Waals surface area (Å²) >= 11 is 3.52. The van der Waals surface area contributed by atoms with Gasteiger partial charge in [0.15, 0.2) is 0 Å². The van der Waals surface area contributed by atoms with Crippen molar-refractivity contribution in [3.05, 3.63) is 40.7 Å². The molecule has 0 amide bonds. The van der Waals surface area contributed by atoms with Gasteiger partial charge in [0.25, 0.3) is 0 Å². The zero-order valence-electron chi connectivity index (χ0n) is 11.7. The van der Waals surface area contributed by atoms with E-state index in [1.807, 2.05) is 44.2 Å². The maximum absolute atomic E-state index is 5.87. The Morgan fingerprint density at radius 2 is 1.95 bits per heavy atom. The van der Waals surface area contributed by atoms with Gasteiger partial charge in [-0.3, -0.25) is 0 Å². The second-order valence-corrected chi connectivity index (χ2v) is 5.97. The first-order chi connectivity index (χ1) is 10.1. The Morgan fingerprint density at radius 3 is 2.71 bits per heavy atom. The van der Waals surface area contributed by atoms with Crippen LogP contribution in [0.15, 0.2) is 39.3 Å². The van der Waals surface area contributed by atoms with Crippen molar-refractivity contribution in [1.82, 2.24) is 15.1 Å². The smallest absolute Gasteiger partial charge is 0.231 e. The summed E-state index contributed by atoms with van der Waals surface area (Å²) < 4.78 is 6.14. The second kappa shape index (κ2) is 5.54. The van der Waals surface area contributed by atoms with E-state index in [1.54, 1.807) is 0 Å². The number of hydrogen-bond donors (Lipinski definition) is 1. The summed E-state index contributed by atoms with van der Waals surface area (Å²) in [5, 5.41) is 5.08. The summed E-state index contributed by atoms with van der Waals surface area (Å²) in [7, 11) is 0. The number of benzene rings is 1. The summed E-state index contributed by atoms with van der Waals surface area (Å²) in [4.78, 5) is 9.02. The maximum Gasteiger partial charge on any atom is 0.231 e. The molecule has 1 aromatic carbocycles. The summed E-state index contributed by atoms with van der Waals surface area (Å²) in [5.41, 5.74) is 7.43. The summed E-state index contributed by atoms with van der Waals surface area (Å²) in [6.07, 6.45) is 0. The minimum atomic E-state index is -0.0497. The molecule has 2 N–H and O–H groups in total. The van der Waals surface area contributed by atoms with E-state index in [4.69, 9.17) is 10.3 Å². The summed E-state index contributed by atoms with van der Waals surface area (Å²) in [5.74, 6) is 1.00. The molecule has 3 rings (SSSR count). The highest BCUT2D eigenvalue weighted by Crippen LogP contribution is 2.29. The molecule has 0 bridgehead atoms. The van der Waals surface area contributed by atoms with Gasteiger partial charge in [-0.05, 0) is 35.0 Å². The van der Waals surface area contributed by atoms with Crippen LogP contribution >= 0.6 is 15.9 Å². The van der Waals surface area contributed by atoms with Crippen molar-refractivity contribution in [3.8, 4) is 11.5 Å². The Morgan fingerprint density at radius 1 is 1.19 bits per heavy atom. The number of fused-ring (bicyclic) bond motifs is 1. The molecule has 0 fully saturated rings. The van der Waals surface area contributed by atoms with Crippen LogP contribution in [0, 0.1) is 0 Å². The fourth-order valence-corrected chi connectivity index (χ4v) is 2.50. The van der Waals surface area contributed by atoms with E-state index in [2.05, 4.69) is 31.1 Å². The van der Waals surface area contributed by atoms with E-state index in [0.29, 0.717) is 17.4 Å². The molecule has 0 spiro atoms. The first kappa shape index (κ1) is 14.2. The van der Waals surface area contributed by atoms with Crippen molar-refractivity contribution in [2.45, 2.75) is 25.8 Å². The van der Waals surface area contributed by atoms with Crippen LogP contribution < -0.4 is 5.73 Å². The number of hydrogen-bond acceptors (Lipinski definition) is 5. The first-order valence-corrected chi connectivity index (χ1v) is 7.50. The quantitative estimate of drug-likeness (QED) is 0.785. The average Bonchev–Trinajstić information content (AvgIpc) is 2.95. The lowest BCUT2D eigenvalue weighted by molar-refractivity contribution is 0.346. The molecule has 0 aliphatic rings. The highest BCUT2D eigenvalue weighted by Gasteiger charge is 2.20. The Kier molecular flexibility index (Phi) is 3.73. The van der Waals surface area contributed by atoms with Gasteiger partial charge in [0.2, 0.25) is 11.7 Å². The molecule has 21 heavy (non-hydrogen) atoms. The lowest BCUT2D eigenvalue weighted by Gasteiger charge is -2.09. The third-order valence-electron chi connectivity index (χ3n) is 3.51. The molecule has 2 atom stereocenters. The zero-order chi connectivity index (χ0) is 15.0. The number of halogens is 1. The maximum atomic E-state index is 5.87. The molecular formula is C15H15BrN4O. The Bertz CT molecular complexity index is 784. The van der Waals surface area contributed by atoms with Crippen LogP contribution in [0.5, 0.6) is 0 Å². The van der Waals surface area contributed by atoms with Crippen molar-refractivity contribution in [2.24, 2.45) is 5.73 Å². The number of rotatable bonds is 3. The Hall–Kier alpha value is -1.79. The lowest BCUT2D eigenvalue weighted by Crippen LogP contribution is -2.22. The highest BCUT2D eigenvalue weighted by atomic mass is 79.9. The SMILES string of the molecule is CC(N)C(C)c1nc(-c2nc3ccccc3cc2Br)no1. The molecule has 2 aromatic heterocycles. The highest BCUT2D eigenvalue weighted by molar-refractivity contribution is 9.10. The fraction of sp³-hybridized carbons (Fsp3) is 0.267. The number of pyridine rings is 1. The number of para-hydroxylation sites is 1. The molecule has 5 nitrogen and oxygen atoms in total. The van der Waals surface area contributed by atoms with Crippen molar-refractivity contribution in [1.29, 1.82) is 0 Å². The van der Waals surface area contributed by atoms with Crippen LogP contribution in [-0.4, -0.2) is 21.2 Å². The van der Waals surface area contributed by atoms with Gasteiger partial charge in [-0.25, -0.2) is 4.98 Å². The fourth-order valence-electron chi connectivity index (χ4n) is 1.99. The molecule has 0 radical (unpaired) electrons. The van der Waals surface area contributed by atoms with Crippen LogP contribution in [0.3, 0.4) is 0 Å². The van der Waals surface area contributed by atoms with E-state index >= 15 is 0 Å². The van der Waals surface area contributed by atoms with E-state index in [1.165, 1.54) is 0 Å². The van der Waals surface area contributed by atoms with Crippen LogP contribution in [0.25, 0.3) is 22.4 Å². The molecular weight excluding hydrogens is 332 g/mol. The van der Waals surface area contributed by atoms with Gasteiger partial charge in [0, 0.05) is 15.9 Å². The third-order valence-corrected chi connectivity index (χ3v) is 4.11. The molecule has 108 valence electrons. The van der Waals surface area contributed by atoms with Gasteiger partial charge in [0.05, 0.1) is 11.4 Å². The molecule has 0 aliphatic heterocycles. The molecule has 6 heteroatoms. The molecule has 0 aliphatic carbocycles. The van der Waals surface area contributed by atoms with E-state index in [0.717, 1.165) is 15.4 Å². The van der Waals surface area contributed by atoms with Crippen LogP contribution in [0.4, 0.5) is 0 Å². The number of nitrogens with two attached hydrogens (primary N) is 1. The van der Waals surface area contributed by atoms with Gasteiger partial charge in [-0.1, -0.05) is 30.3 Å². The first-order valence-electron chi connectivity index (χ1n) is 6.71. The predicted molar refractivity (Wildman–Crippen MR) is 84.8 cm³/mol. The van der Waals surface area contributed by atoms with Gasteiger partial charge >= 0.3 is 0 Å². The topological polar surface area (TPSA) is 77.8 Å². The molecule has 2 unspecified atom stereocenters. The van der Waals surface area contributed by atoms with Crippen LogP contribution in [0.1, 0.15) is 25.7 Å². The number of nitrogens with zero attached hydrogens (tertiary/aromatic N) is 3. The molecule has 2 heterocycles. The van der Waals surface area contributed by atoms with E-state index < -0.39 is 0 Å². The minimum absolute atomic E-state index is 0.00508. The van der Waals surface area contributed by atoms with Gasteiger partial charge in [-0.15, -0.1) is 0 Å². The van der Waals surface area contributed by atoms with E-state index in [9.17, 15) is 0 Å². The van der Waals surface area contributed by atoms with Gasteiger partial charge in [-0.2, -0.15) is 4.98 Å². The van der Waals surface area contributed by atoms with E-state index in [-0.39, 0.29) is 12.0 Å². The Labute approximate surface area is 130 Å². The van der Waals surface area contributed by atoms with Crippen LogP contribution in [-0.2, 0) is 0 Å². The lowest BCUT2D eigenvalue weighted by atomic mass is 10.1. The third kappa shape index (κ3) is 2.69. The zero-order valence-corrected chi connectivity index (χ0v) is 13.3. The molecule has 3 aromatic rings. The monoisotopic (exact) mass is 346 g/mol. The average molecular weight is 347 g/mol. The van der Waals surface area contributed by atoms with Crippen molar-refractivity contribution in [3.63, 3.8) is 0 Å². The van der Waals surface area contributed by atoms with Crippen molar-refractivity contribution in [2.75, 3.05) is 0 Å². The molecule has 0 saturated heterocycles.